The van der Waals surface area contributed by atoms with Gasteiger partial charge in [-0.3, -0.25) is 10.2 Å². The lowest BCUT2D eigenvalue weighted by atomic mass is 10.2. The van der Waals surface area contributed by atoms with Gasteiger partial charge in [0.1, 0.15) is 6.54 Å². The largest absolute Gasteiger partial charge is 0.350 e. The molecule has 1 aliphatic rings. The van der Waals surface area contributed by atoms with Crippen LogP contribution in [0.15, 0.2) is 82.6 Å². The Hall–Kier alpha value is -3.16. The van der Waals surface area contributed by atoms with Gasteiger partial charge in [0.2, 0.25) is 0 Å². The third-order valence-electron chi connectivity index (χ3n) is 4.38. The molecule has 4 rings (SSSR count). The maximum absolute atomic E-state index is 12.9. The maximum Gasteiger partial charge on any atom is 0.338 e. The first-order valence-electron chi connectivity index (χ1n) is 8.81. The average molecular weight is 425 g/mol. The van der Waals surface area contributed by atoms with Gasteiger partial charge < -0.3 is 10.6 Å². The number of carbonyl (C=O) groups is 2. The normalized spacial score (nSPS) is 12.0. The summed E-state index contributed by atoms with van der Waals surface area (Å²) < 4.78 is 0. The first kappa shape index (κ1) is 19.2. The lowest BCUT2D eigenvalue weighted by Crippen LogP contribution is -2.51. The average Bonchev–Trinajstić information content (AvgIpc) is 2.72. The van der Waals surface area contributed by atoms with E-state index in [2.05, 4.69) is 5.43 Å². The summed E-state index contributed by atoms with van der Waals surface area (Å²) in [4.78, 5) is 28.8. The molecule has 0 fully saturated rings. The van der Waals surface area contributed by atoms with Gasteiger partial charge in [-0.05, 0) is 48.5 Å². The van der Waals surface area contributed by atoms with Gasteiger partial charge in [-0.1, -0.05) is 47.6 Å². The number of halogens is 1. The van der Waals surface area contributed by atoms with Crippen molar-refractivity contribution in [2.75, 3.05) is 16.5 Å². The molecule has 0 atom stereocenters. The molecule has 1 heterocycles. The van der Waals surface area contributed by atoms with E-state index < -0.39 is 6.03 Å². The number of nitrogens with one attached hydrogen (secondary N) is 1. The van der Waals surface area contributed by atoms with Crippen LogP contribution < -0.4 is 21.1 Å². The minimum absolute atomic E-state index is 0.0198. The van der Waals surface area contributed by atoms with Crippen LogP contribution in [0.4, 0.5) is 21.9 Å². The number of hydrogen-bond acceptors (Lipinski definition) is 4. The zero-order valence-electron chi connectivity index (χ0n) is 15.2. The molecule has 3 aromatic rings. The topological polar surface area (TPSA) is 78.7 Å². The zero-order valence-corrected chi connectivity index (χ0v) is 16.8. The summed E-state index contributed by atoms with van der Waals surface area (Å²) >= 11 is 7.56. The summed E-state index contributed by atoms with van der Waals surface area (Å²) in [5, 5.41) is 1.53. The van der Waals surface area contributed by atoms with Crippen LogP contribution in [0, 0.1) is 0 Å². The molecule has 8 heteroatoms. The fraction of sp³-hybridized carbons (Fsp3) is 0.0476. The summed E-state index contributed by atoms with van der Waals surface area (Å²) in [5.74, 6) is -0.379. The monoisotopic (exact) mass is 424 g/mol. The number of hydrazine groups is 1. The molecule has 0 spiro atoms. The Kier molecular flexibility index (Phi) is 5.33. The smallest absolute Gasteiger partial charge is 0.338 e. The molecule has 0 saturated heterocycles. The Balaban J connectivity index is 1.59. The van der Waals surface area contributed by atoms with Gasteiger partial charge in [0.25, 0.3) is 5.91 Å². The second-order valence-corrected chi connectivity index (χ2v) is 7.83. The van der Waals surface area contributed by atoms with Crippen LogP contribution in [0.25, 0.3) is 0 Å². The lowest BCUT2D eigenvalue weighted by Gasteiger charge is -2.32. The number of para-hydroxylation sites is 2. The van der Waals surface area contributed by atoms with Crippen LogP contribution in [0.3, 0.4) is 0 Å². The van der Waals surface area contributed by atoms with Crippen molar-refractivity contribution in [1.82, 2.24) is 5.43 Å². The minimum atomic E-state index is -0.796. The Morgan fingerprint density at radius 2 is 1.48 bits per heavy atom. The van der Waals surface area contributed by atoms with Gasteiger partial charge in [0.05, 0.1) is 17.1 Å². The van der Waals surface area contributed by atoms with Gasteiger partial charge in [-0.15, -0.1) is 0 Å². The second-order valence-electron chi connectivity index (χ2n) is 6.31. The molecular formula is C21H17ClN4O2S. The molecule has 1 aliphatic heterocycles. The Bertz CT molecular complexity index is 1030. The van der Waals surface area contributed by atoms with Crippen LogP contribution in [0.2, 0.25) is 5.02 Å². The number of nitrogens with zero attached hydrogens (tertiary/aromatic N) is 2. The van der Waals surface area contributed by atoms with E-state index in [0.717, 1.165) is 26.2 Å². The van der Waals surface area contributed by atoms with Crippen molar-refractivity contribution < 1.29 is 9.59 Å². The van der Waals surface area contributed by atoms with Crippen molar-refractivity contribution in [2.45, 2.75) is 9.79 Å². The van der Waals surface area contributed by atoms with Crippen LogP contribution in [0.1, 0.15) is 0 Å². The fourth-order valence-electron chi connectivity index (χ4n) is 3.09. The van der Waals surface area contributed by atoms with E-state index in [0.29, 0.717) is 10.7 Å². The number of rotatable bonds is 3. The van der Waals surface area contributed by atoms with E-state index in [-0.39, 0.29) is 12.5 Å². The highest BCUT2D eigenvalue weighted by molar-refractivity contribution is 7.99. The summed E-state index contributed by atoms with van der Waals surface area (Å²) in [6, 6.07) is 21.4. The van der Waals surface area contributed by atoms with Gasteiger partial charge in [0.15, 0.2) is 0 Å². The number of fused-ring (bicyclic) bond motifs is 2. The van der Waals surface area contributed by atoms with Crippen molar-refractivity contribution in [1.29, 1.82) is 0 Å². The number of nitrogens with two attached hydrogens (primary N) is 1. The molecule has 146 valence electrons. The third kappa shape index (κ3) is 4.01. The molecule has 0 bridgehead atoms. The quantitative estimate of drug-likeness (QED) is 0.604. The van der Waals surface area contributed by atoms with Crippen molar-refractivity contribution in [2.24, 2.45) is 5.73 Å². The number of carbonyl (C=O) groups excluding carboxylic acids is 2. The molecule has 0 unspecified atom stereocenters. The van der Waals surface area contributed by atoms with E-state index in [1.54, 1.807) is 36.0 Å². The summed E-state index contributed by atoms with van der Waals surface area (Å²) in [7, 11) is 0. The number of primary amides is 1. The molecule has 3 N–H and O–H groups in total. The summed E-state index contributed by atoms with van der Waals surface area (Å²) in [6.45, 7) is 0.0198. The Labute approximate surface area is 177 Å². The van der Waals surface area contributed by atoms with Crippen molar-refractivity contribution in [3.8, 4) is 0 Å². The first-order valence-corrected chi connectivity index (χ1v) is 10.0. The summed E-state index contributed by atoms with van der Waals surface area (Å²) in [6.07, 6.45) is 0. The molecule has 0 aliphatic carbocycles. The molecule has 6 nitrogen and oxygen atoms in total. The molecule has 29 heavy (non-hydrogen) atoms. The SMILES string of the molecule is NC(=O)N(NC(=O)CN1c2ccccc2Sc2ccccc21)c1ccc(Cl)cc1. The number of hydrogen-bond donors (Lipinski definition) is 2. The Morgan fingerprint density at radius 1 is 0.931 bits per heavy atom. The van der Waals surface area contributed by atoms with E-state index in [1.165, 1.54) is 0 Å². The van der Waals surface area contributed by atoms with Crippen molar-refractivity contribution in [3.05, 3.63) is 77.8 Å². The highest BCUT2D eigenvalue weighted by atomic mass is 35.5. The fourth-order valence-corrected chi connectivity index (χ4v) is 4.31. The minimum Gasteiger partial charge on any atom is -0.350 e. The van der Waals surface area contributed by atoms with Crippen molar-refractivity contribution in [3.63, 3.8) is 0 Å². The predicted molar refractivity (Wildman–Crippen MR) is 116 cm³/mol. The maximum atomic E-state index is 12.9. The van der Waals surface area contributed by atoms with Gasteiger partial charge >= 0.3 is 6.03 Å². The standard InChI is InChI=1S/C21H17ClN4O2S/c22-14-9-11-15(12-10-14)26(21(23)28)24-20(27)13-25-16-5-1-3-7-18(16)29-19-8-4-2-6-17(19)25/h1-12H,13H2,(H2,23,28)(H,24,27). The van der Waals surface area contributed by atoms with Crippen LogP contribution in [-0.2, 0) is 4.79 Å². The molecule has 0 saturated carbocycles. The highest BCUT2D eigenvalue weighted by Crippen LogP contribution is 2.47. The van der Waals surface area contributed by atoms with E-state index in [1.807, 2.05) is 53.4 Å². The van der Waals surface area contributed by atoms with Gasteiger partial charge in [0, 0.05) is 14.8 Å². The second kappa shape index (κ2) is 8.06. The summed E-state index contributed by atoms with van der Waals surface area (Å²) in [5.41, 5.74) is 10.3. The predicted octanol–water partition coefficient (Wildman–Crippen LogP) is 4.56. The zero-order chi connectivity index (χ0) is 20.4. The third-order valence-corrected chi connectivity index (χ3v) is 5.76. The van der Waals surface area contributed by atoms with Gasteiger partial charge in [-0.2, -0.15) is 0 Å². The number of anilines is 3. The van der Waals surface area contributed by atoms with E-state index in [9.17, 15) is 9.59 Å². The number of urea groups is 1. The van der Waals surface area contributed by atoms with E-state index in [4.69, 9.17) is 17.3 Å². The number of benzene rings is 3. The van der Waals surface area contributed by atoms with Crippen LogP contribution >= 0.6 is 23.4 Å². The first-order chi connectivity index (χ1) is 14.0. The molecule has 0 aromatic heterocycles. The number of amides is 3. The molecule has 3 aromatic carbocycles. The molecule has 0 radical (unpaired) electrons. The lowest BCUT2D eigenvalue weighted by molar-refractivity contribution is -0.119. The van der Waals surface area contributed by atoms with Gasteiger partial charge in [-0.25, -0.2) is 9.80 Å². The van der Waals surface area contributed by atoms with Crippen LogP contribution in [0.5, 0.6) is 0 Å². The van der Waals surface area contributed by atoms with Crippen molar-refractivity contribution >= 4 is 52.4 Å². The van der Waals surface area contributed by atoms with Crippen LogP contribution in [-0.4, -0.2) is 18.5 Å². The highest BCUT2D eigenvalue weighted by Gasteiger charge is 2.25. The van der Waals surface area contributed by atoms with E-state index >= 15 is 0 Å². The molecular weight excluding hydrogens is 408 g/mol. The molecule has 3 amide bonds. The Morgan fingerprint density at radius 3 is 2.03 bits per heavy atom.